The number of carbonyl (C=O) groups is 1. The summed E-state index contributed by atoms with van der Waals surface area (Å²) in [6.07, 6.45) is 3.20. The number of H-pyrrole nitrogens is 1. The second-order valence-electron chi connectivity index (χ2n) is 7.48. The molecule has 0 aliphatic rings. The van der Waals surface area contributed by atoms with Gasteiger partial charge in [0, 0.05) is 36.7 Å². The van der Waals surface area contributed by atoms with Crippen LogP contribution in [0.1, 0.15) is 44.0 Å². The molecule has 32 heavy (non-hydrogen) atoms. The lowest BCUT2D eigenvalue weighted by molar-refractivity contribution is 0.0761. The van der Waals surface area contributed by atoms with Crippen LogP contribution in [0.3, 0.4) is 0 Å². The van der Waals surface area contributed by atoms with E-state index in [4.69, 9.17) is 0 Å². The molecule has 7 nitrogen and oxygen atoms in total. The van der Waals surface area contributed by atoms with Gasteiger partial charge in [-0.2, -0.15) is 0 Å². The number of anilines is 1. The number of benzene rings is 2. The lowest BCUT2D eigenvalue weighted by Crippen LogP contribution is -2.35. The van der Waals surface area contributed by atoms with E-state index in [1.807, 2.05) is 19.9 Å². The third-order valence-corrected chi connectivity index (χ3v) is 7.35. The fourth-order valence-corrected chi connectivity index (χ4v) is 5.15. The number of hydrogen-bond acceptors (Lipinski definition) is 4. The van der Waals surface area contributed by atoms with Crippen LogP contribution < -0.4 is 9.73 Å². The van der Waals surface area contributed by atoms with Gasteiger partial charge in [0.2, 0.25) is 5.43 Å². The number of rotatable bonds is 9. The van der Waals surface area contributed by atoms with Crippen LogP contribution in [0, 0.1) is 0 Å². The molecule has 0 saturated carbocycles. The average molecular weight is 456 g/mol. The molecule has 3 rings (SSSR count). The van der Waals surface area contributed by atoms with Gasteiger partial charge in [-0.05, 0) is 50.6 Å². The highest BCUT2D eigenvalue weighted by Gasteiger charge is 2.25. The van der Waals surface area contributed by atoms with Gasteiger partial charge in [-0.1, -0.05) is 31.5 Å². The first-order valence-electron chi connectivity index (χ1n) is 10.9. The molecule has 2 aromatic carbocycles. The predicted molar refractivity (Wildman–Crippen MR) is 128 cm³/mol. The summed E-state index contributed by atoms with van der Waals surface area (Å²) in [6, 6.07) is 13.2. The Morgan fingerprint density at radius 3 is 2.34 bits per heavy atom. The largest absolute Gasteiger partial charge is 0.360 e. The van der Waals surface area contributed by atoms with E-state index in [9.17, 15) is 18.0 Å². The first-order chi connectivity index (χ1) is 15.3. The van der Waals surface area contributed by atoms with Gasteiger partial charge >= 0.3 is 0 Å². The number of aromatic amines is 1. The Morgan fingerprint density at radius 2 is 1.72 bits per heavy atom. The molecule has 8 heteroatoms. The van der Waals surface area contributed by atoms with Gasteiger partial charge in [-0.15, -0.1) is 0 Å². The number of hydrogen-bond donors (Lipinski definition) is 1. The van der Waals surface area contributed by atoms with Crippen LogP contribution in [0.25, 0.3) is 10.9 Å². The van der Waals surface area contributed by atoms with Crippen molar-refractivity contribution in [2.24, 2.45) is 0 Å². The lowest BCUT2D eigenvalue weighted by Gasteiger charge is -2.23. The van der Waals surface area contributed by atoms with E-state index in [-0.39, 0.29) is 28.3 Å². The number of sulfonamides is 1. The fraction of sp³-hybridized carbons (Fsp3) is 0.333. The molecule has 1 aromatic heterocycles. The number of para-hydroxylation sites is 1. The van der Waals surface area contributed by atoms with Crippen molar-refractivity contribution in [2.45, 2.75) is 38.5 Å². The van der Waals surface area contributed by atoms with Gasteiger partial charge < -0.3 is 9.88 Å². The number of nitrogens with one attached hydrogen (secondary N) is 1. The number of amides is 1. The van der Waals surface area contributed by atoms with E-state index < -0.39 is 15.5 Å². The highest BCUT2D eigenvalue weighted by Crippen LogP contribution is 2.25. The third kappa shape index (κ3) is 4.55. The quantitative estimate of drug-likeness (QED) is 0.528. The van der Waals surface area contributed by atoms with E-state index in [2.05, 4.69) is 4.98 Å². The summed E-state index contributed by atoms with van der Waals surface area (Å²) < 4.78 is 28.0. The summed E-state index contributed by atoms with van der Waals surface area (Å²) in [5.74, 6) is -0.350. The molecule has 0 aliphatic heterocycles. The van der Waals surface area contributed by atoms with Gasteiger partial charge in [0.25, 0.3) is 15.9 Å². The van der Waals surface area contributed by atoms with E-state index in [0.717, 1.165) is 12.8 Å². The zero-order chi connectivity index (χ0) is 23.3. The van der Waals surface area contributed by atoms with Crippen LogP contribution >= 0.6 is 0 Å². The van der Waals surface area contributed by atoms with Crippen molar-refractivity contribution in [3.63, 3.8) is 0 Å². The van der Waals surface area contributed by atoms with Crippen molar-refractivity contribution in [3.05, 3.63) is 70.5 Å². The molecule has 0 aliphatic carbocycles. The van der Waals surface area contributed by atoms with Crippen LogP contribution in [0.2, 0.25) is 0 Å². The van der Waals surface area contributed by atoms with Crippen LogP contribution in [0.4, 0.5) is 5.69 Å². The molecule has 1 heterocycles. The lowest BCUT2D eigenvalue weighted by atomic mass is 10.1. The maximum absolute atomic E-state index is 13.3. The SMILES string of the molecule is CCCCN(CC)C(=O)c1c[nH]c2ccc(S(=O)(=O)N(CC)c3ccccc3)cc2c1=O. The Labute approximate surface area is 188 Å². The highest BCUT2D eigenvalue weighted by molar-refractivity contribution is 7.92. The van der Waals surface area contributed by atoms with Crippen molar-refractivity contribution in [1.29, 1.82) is 0 Å². The van der Waals surface area contributed by atoms with E-state index in [1.54, 1.807) is 42.2 Å². The van der Waals surface area contributed by atoms with Crippen LogP contribution in [-0.4, -0.2) is 43.8 Å². The molecule has 1 N–H and O–H groups in total. The fourth-order valence-electron chi connectivity index (χ4n) is 3.65. The minimum atomic E-state index is -3.89. The van der Waals surface area contributed by atoms with E-state index >= 15 is 0 Å². The molecule has 0 atom stereocenters. The standard InChI is InChI=1S/C24H29N3O4S/c1-4-7-15-26(5-2)24(29)21-17-25-22-14-13-19(16-20(22)23(21)28)32(30,31)27(6-3)18-11-9-8-10-12-18/h8-14,16-17H,4-7,15H2,1-3H3,(H,25,28). The monoisotopic (exact) mass is 455 g/mol. The summed E-state index contributed by atoms with van der Waals surface area (Å²) in [5, 5.41) is 0.174. The Bertz CT molecular complexity index is 1250. The van der Waals surface area contributed by atoms with Crippen LogP contribution in [0.5, 0.6) is 0 Å². The molecular weight excluding hydrogens is 426 g/mol. The maximum atomic E-state index is 13.3. The molecule has 0 fully saturated rings. The topological polar surface area (TPSA) is 90.6 Å². The molecule has 3 aromatic rings. The van der Waals surface area contributed by atoms with Gasteiger partial charge in [0.1, 0.15) is 5.56 Å². The molecule has 0 unspecified atom stereocenters. The number of unbranched alkanes of at least 4 members (excludes halogenated alkanes) is 1. The summed E-state index contributed by atoms with van der Waals surface area (Å²) in [5.41, 5.74) is 0.561. The maximum Gasteiger partial charge on any atom is 0.264 e. The van der Waals surface area contributed by atoms with Gasteiger partial charge in [0.05, 0.1) is 10.6 Å². The van der Waals surface area contributed by atoms with Crippen molar-refractivity contribution >= 4 is 32.5 Å². The minimum absolute atomic E-state index is 0.00383. The Hall–Kier alpha value is -3.13. The van der Waals surface area contributed by atoms with Gasteiger partial charge in [0.15, 0.2) is 0 Å². The van der Waals surface area contributed by atoms with E-state index in [1.165, 1.54) is 22.6 Å². The van der Waals surface area contributed by atoms with Crippen molar-refractivity contribution < 1.29 is 13.2 Å². The van der Waals surface area contributed by atoms with E-state index in [0.29, 0.717) is 24.3 Å². The second-order valence-corrected chi connectivity index (χ2v) is 9.34. The molecule has 1 amide bonds. The summed E-state index contributed by atoms with van der Waals surface area (Å²) in [4.78, 5) is 30.7. The molecular formula is C24H29N3O4S. The average Bonchev–Trinajstić information content (AvgIpc) is 2.80. The number of carbonyl (C=O) groups excluding carboxylic acids is 1. The second kappa shape index (κ2) is 9.99. The summed E-state index contributed by atoms with van der Waals surface area (Å²) >= 11 is 0. The first-order valence-corrected chi connectivity index (χ1v) is 12.3. The van der Waals surface area contributed by atoms with Crippen LogP contribution in [0.15, 0.2) is 64.4 Å². The number of pyridine rings is 1. The van der Waals surface area contributed by atoms with Crippen molar-refractivity contribution in [3.8, 4) is 0 Å². The third-order valence-electron chi connectivity index (χ3n) is 5.45. The zero-order valence-electron chi connectivity index (χ0n) is 18.7. The molecule has 170 valence electrons. The van der Waals surface area contributed by atoms with Crippen molar-refractivity contribution in [1.82, 2.24) is 9.88 Å². The van der Waals surface area contributed by atoms with Crippen molar-refractivity contribution in [2.75, 3.05) is 23.9 Å². The summed E-state index contributed by atoms with van der Waals surface area (Å²) in [7, 11) is -3.89. The molecule has 0 saturated heterocycles. The molecule has 0 spiro atoms. The Kier molecular flexibility index (Phi) is 7.35. The summed E-state index contributed by atoms with van der Waals surface area (Å²) in [6.45, 7) is 6.97. The zero-order valence-corrected chi connectivity index (χ0v) is 19.5. The highest BCUT2D eigenvalue weighted by atomic mass is 32.2. The van der Waals surface area contributed by atoms with Gasteiger partial charge in [-0.25, -0.2) is 8.42 Å². The smallest absolute Gasteiger partial charge is 0.264 e. The normalized spacial score (nSPS) is 11.5. The Morgan fingerprint density at radius 1 is 1.00 bits per heavy atom. The molecule has 0 radical (unpaired) electrons. The van der Waals surface area contributed by atoms with Crippen LogP contribution in [-0.2, 0) is 10.0 Å². The number of fused-ring (bicyclic) bond motifs is 1. The first kappa shape index (κ1) is 23.5. The van der Waals surface area contributed by atoms with Gasteiger partial charge in [-0.3, -0.25) is 13.9 Å². The number of aromatic nitrogens is 1. The predicted octanol–water partition coefficient (Wildman–Crippen LogP) is 4.01. The Balaban J connectivity index is 2.07. The number of nitrogens with zero attached hydrogens (tertiary/aromatic N) is 2. The molecule has 0 bridgehead atoms. The minimum Gasteiger partial charge on any atom is -0.360 e.